The highest BCUT2D eigenvalue weighted by molar-refractivity contribution is 5.89. The van der Waals surface area contributed by atoms with Crippen molar-refractivity contribution in [1.82, 2.24) is 10.6 Å². The molecule has 1 aromatic carbocycles. The third-order valence-corrected chi connectivity index (χ3v) is 3.06. The van der Waals surface area contributed by atoms with Crippen LogP contribution >= 0.6 is 0 Å². The van der Waals surface area contributed by atoms with Crippen LogP contribution in [0.3, 0.4) is 0 Å². The number of carbonyl (C=O) groups excluding carboxylic acids is 3. The summed E-state index contributed by atoms with van der Waals surface area (Å²) < 4.78 is 10.2. The van der Waals surface area contributed by atoms with Crippen LogP contribution in [-0.2, 0) is 25.7 Å². The van der Waals surface area contributed by atoms with Crippen molar-refractivity contribution in [2.75, 3.05) is 0 Å². The molecule has 0 radical (unpaired) electrons. The van der Waals surface area contributed by atoms with Gasteiger partial charge >= 0.3 is 12.1 Å². The van der Waals surface area contributed by atoms with Crippen LogP contribution in [0.15, 0.2) is 30.3 Å². The number of benzene rings is 1. The Hall–Kier alpha value is -2.57. The van der Waals surface area contributed by atoms with Gasteiger partial charge in [-0.2, -0.15) is 0 Å². The normalized spacial score (nSPS) is 13.3. The largest absolute Gasteiger partial charge is 0.459 e. The molecule has 0 saturated heterocycles. The highest BCUT2D eigenvalue weighted by atomic mass is 16.6. The van der Waals surface area contributed by atoms with Gasteiger partial charge in [0.1, 0.15) is 24.3 Å². The lowest BCUT2D eigenvalue weighted by molar-refractivity contribution is -0.148. The molecule has 0 saturated carbocycles. The first-order valence-electron chi connectivity index (χ1n) is 8.09. The molecule has 7 nitrogen and oxygen atoms in total. The Labute approximate surface area is 148 Å². The molecule has 138 valence electrons. The van der Waals surface area contributed by atoms with Gasteiger partial charge in [0, 0.05) is 0 Å². The van der Waals surface area contributed by atoms with Crippen molar-refractivity contribution in [3.63, 3.8) is 0 Å². The second kappa shape index (κ2) is 9.05. The van der Waals surface area contributed by atoms with Crippen LogP contribution in [0.1, 0.15) is 40.2 Å². The number of nitrogens with one attached hydrogen (secondary N) is 2. The monoisotopic (exact) mass is 350 g/mol. The van der Waals surface area contributed by atoms with Gasteiger partial charge in [-0.3, -0.25) is 4.79 Å². The lowest BCUT2D eigenvalue weighted by Gasteiger charge is -2.22. The van der Waals surface area contributed by atoms with Crippen molar-refractivity contribution in [2.45, 2.75) is 58.9 Å². The van der Waals surface area contributed by atoms with Gasteiger partial charge < -0.3 is 20.1 Å². The maximum absolute atomic E-state index is 12.0. The second-order valence-electron chi connectivity index (χ2n) is 6.69. The second-order valence-corrected chi connectivity index (χ2v) is 6.69. The molecule has 0 spiro atoms. The fourth-order valence-corrected chi connectivity index (χ4v) is 1.80. The summed E-state index contributed by atoms with van der Waals surface area (Å²) in [6.07, 6.45) is -0.700. The van der Waals surface area contributed by atoms with Gasteiger partial charge in [0.05, 0.1) is 0 Å². The Morgan fingerprint density at radius 2 is 1.60 bits per heavy atom. The van der Waals surface area contributed by atoms with Gasteiger partial charge in [0.25, 0.3) is 0 Å². The van der Waals surface area contributed by atoms with Gasteiger partial charge in [-0.1, -0.05) is 30.3 Å². The van der Waals surface area contributed by atoms with E-state index in [0.717, 1.165) is 5.56 Å². The third kappa shape index (κ3) is 8.19. The maximum Gasteiger partial charge on any atom is 0.408 e. The van der Waals surface area contributed by atoms with Crippen LogP contribution in [0.5, 0.6) is 0 Å². The van der Waals surface area contributed by atoms with Crippen LogP contribution in [0, 0.1) is 0 Å². The molecule has 2 amide bonds. The average Bonchev–Trinajstić information content (AvgIpc) is 2.51. The van der Waals surface area contributed by atoms with Gasteiger partial charge in [-0.15, -0.1) is 0 Å². The molecular formula is C18H26N2O5. The summed E-state index contributed by atoms with van der Waals surface area (Å²) >= 11 is 0. The quantitative estimate of drug-likeness (QED) is 0.767. The van der Waals surface area contributed by atoms with Gasteiger partial charge in [0.2, 0.25) is 5.91 Å². The molecule has 0 fully saturated rings. The molecule has 0 aromatic heterocycles. The van der Waals surface area contributed by atoms with Crippen LogP contribution in [0.4, 0.5) is 4.79 Å². The Morgan fingerprint density at radius 3 is 2.16 bits per heavy atom. The van der Waals surface area contributed by atoms with Gasteiger partial charge in [-0.25, -0.2) is 9.59 Å². The number of amides is 2. The zero-order valence-corrected chi connectivity index (χ0v) is 15.3. The topological polar surface area (TPSA) is 93.7 Å². The molecule has 1 aromatic rings. The molecule has 2 atom stereocenters. The molecule has 2 unspecified atom stereocenters. The predicted molar refractivity (Wildman–Crippen MR) is 92.7 cm³/mol. The van der Waals surface area contributed by atoms with E-state index in [0.29, 0.717) is 0 Å². The Kier molecular flexibility index (Phi) is 7.42. The number of alkyl carbamates (subject to hydrolysis) is 1. The summed E-state index contributed by atoms with van der Waals surface area (Å²) in [6, 6.07) is 7.55. The third-order valence-electron chi connectivity index (χ3n) is 3.06. The zero-order chi connectivity index (χ0) is 19.0. The van der Waals surface area contributed by atoms with E-state index in [-0.39, 0.29) is 6.61 Å². The lowest BCUT2D eigenvalue weighted by atomic mass is 10.2. The molecule has 0 aliphatic carbocycles. The van der Waals surface area contributed by atoms with E-state index in [1.165, 1.54) is 13.8 Å². The molecule has 0 bridgehead atoms. The van der Waals surface area contributed by atoms with E-state index >= 15 is 0 Å². The first kappa shape index (κ1) is 20.5. The van der Waals surface area contributed by atoms with Crippen LogP contribution in [0.2, 0.25) is 0 Å². The Bertz CT molecular complexity index is 595. The van der Waals surface area contributed by atoms with Crippen molar-refractivity contribution in [1.29, 1.82) is 0 Å². The summed E-state index contributed by atoms with van der Waals surface area (Å²) in [7, 11) is 0. The Balaban J connectivity index is 2.41. The minimum Gasteiger partial charge on any atom is -0.459 e. The molecule has 7 heteroatoms. The average molecular weight is 350 g/mol. The van der Waals surface area contributed by atoms with Gasteiger partial charge in [-0.05, 0) is 40.2 Å². The summed E-state index contributed by atoms with van der Waals surface area (Å²) in [5, 5.41) is 4.91. The van der Waals surface area contributed by atoms with Crippen LogP contribution < -0.4 is 10.6 Å². The van der Waals surface area contributed by atoms with Crippen LogP contribution in [0.25, 0.3) is 0 Å². The lowest BCUT2D eigenvalue weighted by Crippen LogP contribution is -2.50. The number of hydrogen-bond donors (Lipinski definition) is 2. The van der Waals surface area contributed by atoms with E-state index in [1.807, 2.05) is 30.3 Å². The molecule has 25 heavy (non-hydrogen) atoms. The smallest absolute Gasteiger partial charge is 0.408 e. The number of hydrogen-bond acceptors (Lipinski definition) is 5. The molecule has 1 rings (SSSR count). The molecule has 0 aliphatic heterocycles. The number of esters is 1. The van der Waals surface area contributed by atoms with Crippen molar-refractivity contribution in [3.8, 4) is 0 Å². The van der Waals surface area contributed by atoms with Crippen molar-refractivity contribution >= 4 is 18.0 Å². The molecule has 0 aliphatic rings. The number of carbonyl (C=O) groups is 3. The maximum atomic E-state index is 12.0. The van der Waals surface area contributed by atoms with Crippen molar-refractivity contribution < 1.29 is 23.9 Å². The number of ether oxygens (including phenoxy) is 2. The molecule has 2 N–H and O–H groups in total. The van der Waals surface area contributed by atoms with Gasteiger partial charge in [0.15, 0.2) is 0 Å². The van der Waals surface area contributed by atoms with E-state index in [2.05, 4.69) is 10.6 Å². The summed E-state index contributed by atoms with van der Waals surface area (Å²) in [5.74, 6) is -1.06. The molecular weight excluding hydrogens is 324 g/mol. The SMILES string of the molecule is CC(NC(=O)OC(C)(C)C)C(=O)NC(C)C(=O)OCc1ccccc1. The first-order chi connectivity index (χ1) is 11.6. The molecule has 0 heterocycles. The minimum absolute atomic E-state index is 0.131. The van der Waals surface area contributed by atoms with Crippen LogP contribution in [-0.4, -0.2) is 35.7 Å². The fraction of sp³-hybridized carbons (Fsp3) is 0.500. The van der Waals surface area contributed by atoms with E-state index in [9.17, 15) is 14.4 Å². The standard InChI is InChI=1S/C18H26N2O5/c1-12(20-17(23)25-18(3,4)5)15(21)19-13(2)16(22)24-11-14-9-7-6-8-10-14/h6-10,12-13H,11H2,1-5H3,(H,19,21)(H,20,23). The van der Waals surface area contributed by atoms with E-state index in [4.69, 9.17) is 9.47 Å². The Morgan fingerprint density at radius 1 is 1.00 bits per heavy atom. The summed E-state index contributed by atoms with van der Waals surface area (Å²) in [6.45, 7) is 8.32. The summed E-state index contributed by atoms with van der Waals surface area (Å²) in [4.78, 5) is 35.6. The first-order valence-corrected chi connectivity index (χ1v) is 8.09. The van der Waals surface area contributed by atoms with E-state index < -0.39 is 35.7 Å². The van der Waals surface area contributed by atoms with Crippen molar-refractivity contribution in [2.24, 2.45) is 0 Å². The summed E-state index contributed by atoms with van der Waals surface area (Å²) in [5.41, 5.74) is 0.198. The van der Waals surface area contributed by atoms with Crippen molar-refractivity contribution in [3.05, 3.63) is 35.9 Å². The minimum atomic E-state index is -0.848. The highest BCUT2D eigenvalue weighted by Crippen LogP contribution is 2.07. The van der Waals surface area contributed by atoms with E-state index in [1.54, 1.807) is 20.8 Å². The highest BCUT2D eigenvalue weighted by Gasteiger charge is 2.24. The fourth-order valence-electron chi connectivity index (χ4n) is 1.80. The number of rotatable bonds is 6. The predicted octanol–water partition coefficient (Wildman–Crippen LogP) is 2.15. The zero-order valence-electron chi connectivity index (χ0n) is 15.3.